The zero-order chi connectivity index (χ0) is 11.8. The Balaban J connectivity index is 1.77. The third-order valence-corrected chi connectivity index (χ3v) is 2.09. The number of carboxylic acids is 1. The number of hydrogen-bond donors (Lipinski definition) is 2. The molecule has 1 rings (SSSR count). The summed E-state index contributed by atoms with van der Waals surface area (Å²) >= 11 is 0. The number of carbonyl (C=O) groups is 2. The van der Waals surface area contributed by atoms with Crippen LogP contribution in [0.15, 0.2) is 0 Å². The maximum absolute atomic E-state index is 11.2. The molecule has 0 atom stereocenters. The Morgan fingerprint density at radius 1 is 1.19 bits per heavy atom. The Hall–Kier alpha value is -1.14. The normalized spacial score (nSPS) is 14.8. The van der Waals surface area contributed by atoms with Crippen molar-refractivity contribution in [3.05, 3.63) is 0 Å². The Morgan fingerprint density at radius 3 is 2.50 bits per heavy atom. The van der Waals surface area contributed by atoms with Crippen LogP contribution in [-0.4, -0.2) is 50.0 Å². The molecule has 1 fully saturated rings. The van der Waals surface area contributed by atoms with Gasteiger partial charge in [0.05, 0.1) is 19.8 Å². The van der Waals surface area contributed by atoms with Crippen LogP contribution in [0, 0.1) is 5.92 Å². The standard InChI is InChI=1S/C10H17NO5/c12-9(13)7-16-6-5-15-4-3-11-10(14)8-1-2-8/h8H,1-7H2,(H,11,14)(H,12,13). The van der Waals surface area contributed by atoms with E-state index in [1.807, 2.05) is 0 Å². The largest absolute Gasteiger partial charge is 0.480 e. The summed E-state index contributed by atoms with van der Waals surface area (Å²) in [4.78, 5) is 21.2. The summed E-state index contributed by atoms with van der Waals surface area (Å²) < 4.78 is 9.89. The third kappa shape index (κ3) is 6.36. The molecule has 0 aromatic carbocycles. The first-order valence-electron chi connectivity index (χ1n) is 5.35. The minimum atomic E-state index is -0.989. The minimum Gasteiger partial charge on any atom is -0.480 e. The van der Waals surface area contributed by atoms with Crippen molar-refractivity contribution in [3.63, 3.8) is 0 Å². The van der Waals surface area contributed by atoms with Gasteiger partial charge < -0.3 is 19.9 Å². The lowest BCUT2D eigenvalue weighted by Crippen LogP contribution is -2.28. The summed E-state index contributed by atoms with van der Waals surface area (Å²) in [6, 6.07) is 0. The molecule has 6 nitrogen and oxygen atoms in total. The van der Waals surface area contributed by atoms with Gasteiger partial charge in [-0.25, -0.2) is 4.79 Å². The van der Waals surface area contributed by atoms with E-state index in [0.29, 0.717) is 19.8 Å². The molecule has 0 aromatic heterocycles. The molecule has 2 N–H and O–H groups in total. The van der Waals surface area contributed by atoms with Crippen LogP contribution in [-0.2, 0) is 19.1 Å². The molecule has 0 aromatic rings. The molecule has 1 saturated carbocycles. The summed E-state index contributed by atoms with van der Waals surface area (Å²) in [7, 11) is 0. The highest BCUT2D eigenvalue weighted by molar-refractivity contribution is 5.80. The van der Waals surface area contributed by atoms with Crippen molar-refractivity contribution in [3.8, 4) is 0 Å². The highest BCUT2D eigenvalue weighted by Gasteiger charge is 2.28. The Kier molecular flexibility index (Phi) is 5.81. The highest BCUT2D eigenvalue weighted by Crippen LogP contribution is 2.28. The third-order valence-electron chi connectivity index (χ3n) is 2.09. The van der Waals surface area contributed by atoms with Crippen LogP contribution in [0.2, 0.25) is 0 Å². The maximum atomic E-state index is 11.2. The van der Waals surface area contributed by atoms with E-state index in [-0.39, 0.29) is 25.0 Å². The van der Waals surface area contributed by atoms with Crippen LogP contribution in [0.1, 0.15) is 12.8 Å². The average Bonchev–Trinajstić information content (AvgIpc) is 3.04. The number of amides is 1. The van der Waals surface area contributed by atoms with Crippen molar-refractivity contribution >= 4 is 11.9 Å². The fourth-order valence-electron chi connectivity index (χ4n) is 1.12. The van der Waals surface area contributed by atoms with Gasteiger partial charge in [0.1, 0.15) is 6.61 Å². The lowest BCUT2D eigenvalue weighted by molar-refractivity contribution is -0.142. The van der Waals surface area contributed by atoms with Gasteiger partial charge in [0.15, 0.2) is 0 Å². The molecule has 0 heterocycles. The van der Waals surface area contributed by atoms with Gasteiger partial charge in [0.2, 0.25) is 5.91 Å². The maximum Gasteiger partial charge on any atom is 0.329 e. The molecule has 0 saturated heterocycles. The van der Waals surface area contributed by atoms with E-state index < -0.39 is 5.97 Å². The first-order chi connectivity index (χ1) is 7.70. The van der Waals surface area contributed by atoms with Gasteiger partial charge in [-0.05, 0) is 12.8 Å². The summed E-state index contributed by atoms with van der Waals surface area (Å²) in [5.74, 6) is -0.665. The van der Waals surface area contributed by atoms with E-state index in [0.717, 1.165) is 12.8 Å². The van der Waals surface area contributed by atoms with Gasteiger partial charge in [-0.3, -0.25) is 4.79 Å². The molecule has 0 aliphatic heterocycles. The van der Waals surface area contributed by atoms with Crippen molar-refractivity contribution < 1.29 is 24.2 Å². The number of rotatable bonds is 9. The van der Waals surface area contributed by atoms with E-state index in [2.05, 4.69) is 5.32 Å². The van der Waals surface area contributed by atoms with Crippen molar-refractivity contribution in [2.24, 2.45) is 5.92 Å². The lowest BCUT2D eigenvalue weighted by atomic mass is 10.4. The van der Waals surface area contributed by atoms with E-state index >= 15 is 0 Å². The molecule has 1 aliphatic carbocycles. The summed E-state index contributed by atoms with van der Waals surface area (Å²) in [5, 5.41) is 11.0. The smallest absolute Gasteiger partial charge is 0.329 e. The zero-order valence-electron chi connectivity index (χ0n) is 9.11. The number of aliphatic carboxylic acids is 1. The Morgan fingerprint density at radius 2 is 1.88 bits per heavy atom. The van der Waals surface area contributed by atoms with Gasteiger partial charge in [-0.2, -0.15) is 0 Å². The molecule has 92 valence electrons. The average molecular weight is 231 g/mol. The van der Waals surface area contributed by atoms with Gasteiger partial charge >= 0.3 is 5.97 Å². The zero-order valence-corrected chi connectivity index (χ0v) is 9.11. The number of carbonyl (C=O) groups excluding carboxylic acids is 1. The molecule has 16 heavy (non-hydrogen) atoms. The Bertz CT molecular complexity index is 239. The van der Waals surface area contributed by atoms with Gasteiger partial charge in [0, 0.05) is 12.5 Å². The number of hydrogen-bond acceptors (Lipinski definition) is 4. The van der Waals surface area contributed by atoms with Crippen LogP contribution in [0.4, 0.5) is 0 Å². The molecule has 0 radical (unpaired) electrons. The molecule has 1 amide bonds. The Labute approximate surface area is 93.9 Å². The first-order valence-corrected chi connectivity index (χ1v) is 5.35. The molecule has 0 unspecified atom stereocenters. The second-order valence-electron chi connectivity index (χ2n) is 3.62. The summed E-state index contributed by atoms with van der Waals surface area (Å²) in [6.07, 6.45) is 1.99. The summed E-state index contributed by atoms with van der Waals surface area (Å²) in [5.41, 5.74) is 0. The van der Waals surface area contributed by atoms with Crippen LogP contribution in [0.3, 0.4) is 0 Å². The second kappa shape index (κ2) is 7.19. The van der Waals surface area contributed by atoms with Crippen molar-refractivity contribution in [1.29, 1.82) is 0 Å². The van der Waals surface area contributed by atoms with E-state index in [4.69, 9.17) is 14.6 Å². The second-order valence-corrected chi connectivity index (χ2v) is 3.62. The molecular formula is C10H17NO5. The van der Waals surface area contributed by atoms with Crippen molar-refractivity contribution in [2.45, 2.75) is 12.8 Å². The summed E-state index contributed by atoms with van der Waals surface area (Å²) in [6.45, 7) is 1.21. The van der Waals surface area contributed by atoms with E-state index in [1.54, 1.807) is 0 Å². The number of carboxylic acid groups (broad SMARTS) is 1. The minimum absolute atomic E-state index is 0.103. The molecular weight excluding hydrogens is 214 g/mol. The predicted molar refractivity (Wildman–Crippen MR) is 55.0 cm³/mol. The predicted octanol–water partition coefficient (Wildman–Crippen LogP) is -0.370. The highest BCUT2D eigenvalue weighted by atomic mass is 16.5. The van der Waals surface area contributed by atoms with Crippen molar-refractivity contribution in [1.82, 2.24) is 5.32 Å². The molecule has 6 heteroatoms. The van der Waals surface area contributed by atoms with E-state index in [1.165, 1.54) is 0 Å². The quantitative estimate of drug-likeness (QED) is 0.529. The van der Waals surface area contributed by atoms with Crippen LogP contribution in [0.25, 0.3) is 0 Å². The molecule has 0 bridgehead atoms. The van der Waals surface area contributed by atoms with Crippen molar-refractivity contribution in [2.75, 3.05) is 33.0 Å². The number of nitrogens with one attached hydrogen (secondary N) is 1. The SMILES string of the molecule is O=C(O)COCCOCCNC(=O)C1CC1. The fourth-order valence-corrected chi connectivity index (χ4v) is 1.12. The molecule has 0 spiro atoms. The first kappa shape index (κ1) is 12.9. The van der Waals surface area contributed by atoms with Gasteiger partial charge in [-0.15, -0.1) is 0 Å². The topological polar surface area (TPSA) is 84.9 Å². The van der Waals surface area contributed by atoms with Gasteiger partial charge in [-0.1, -0.05) is 0 Å². The monoisotopic (exact) mass is 231 g/mol. The number of ether oxygens (including phenoxy) is 2. The van der Waals surface area contributed by atoms with E-state index in [9.17, 15) is 9.59 Å². The lowest BCUT2D eigenvalue weighted by Gasteiger charge is -2.05. The van der Waals surface area contributed by atoms with Crippen LogP contribution in [0.5, 0.6) is 0 Å². The fraction of sp³-hybridized carbons (Fsp3) is 0.800. The van der Waals surface area contributed by atoms with Gasteiger partial charge in [0.25, 0.3) is 0 Å². The van der Waals surface area contributed by atoms with Crippen LogP contribution >= 0.6 is 0 Å². The van der Waals surface area contributed by atoms with Crippen LogP contribution < -0.4 is 5.32 Å². The molecule has 1 aliphatic rings.